The molecule has 2 amide bonds. The van der Waals surface area contributed by atoms with E-state index in [0.29, 0.717) is 27.7 Å². The van der Waals surface area contributed by atoms with Crippen molar-refractivity contribution in [2.75, 3.05) is 17.9 Å². The van der Waals surface area contributed by atoms with Crippen LogP contribution in [0.3, 0.4) is 0 Å². The van der Waals surface area contributed by atoms with Crippen LogP contribution in [0.15, 0.2) is 77.2 Å². The minimum Gasteiger partial charge on any atom is -0.495 e. The molecule has 9 nitrogen and oxygen atoms in total. The molecule has 1 aromatic heterocycles. The van der Waals surface area contributed by atoms with Crippen LogP contribution in [0.1, 0.15) is 22.8 Å². The van der Waals surface area contributed by atoms with Gasteiger partial charge in [-0.1, -0.05) is 23.7 Å². The van der Waals surface area contributed by atoms with Gasteiger partial charge in [0.25, 0.3) is 11.8 Å². The minimum absolute atomic E-state index is 0.0460. The van der Waals surface area contributed by atoms with Crippen LogP contribution in [-0.4, -0.2) is 35.3 Å². The smallest absolute Gasteiger partial charge is 0.278 e. The summed E-state index contributed by atoms with van der Waals surface area (Å²) in [4.78, 5) is 29.4. The first-order valence-electron chi connectivity index (χ1n) is 10.2. The Kier molecular flexibility index (Phi) is 8.31. The molecule has 0 aliphatic rings. The van der Waals surface area contributed by atoms with Crippen LogP contribution in [0.2, 0.25) is 5.02 Å². The molecule has 0 aliphatic heterocycles. The maximum Gasteiger partial charge on any atom is 0.278 e. The molecule has 0 spiro atoms. The van der Waals surface area contributed by atoms with E-state index in [1.54, 1.807) is 61.5 Å². The highest BCUT2D eigenvalue weighted by Crippen LogP contribution is 2.23. The van der Waals surface area contributed by atoms with Crippen LogP contribution in [0, 0.1) is 6.92 Å². The third-order valence-electron chi connectivity index (χ3n) is 4.66. The molecule has 0 saturated carbocycles. The van der Waals surface area contributed by atoms with Crippen LogP contribution >= 0.6 is 11.6 Å². The summed E-state index contributed by atoms with van der Waals surface area (Å²) in [6.07, 6.45) is 2.99. The van der Waals surface area contributed by atoms with Crippen molar-refractivity contribution < 1.29 is 14.3 Å². The van der Waals surface area contributed by atoms with Crippen molar-refractivity contribution in [2.24, 2.45) is 10.2 Å². The number of amides is 2. The van der Waals surface area contributed by atoms with Crippen LogP contribution in [0.4, 0.5) is 11.4 Å². The molecule has 0 unspecified atom stereocenters. The van der Waals surface area contributed by atoms with Gasteiger partial charge in [-0.2, -0.15) is 10.2 Å². The number of ether oxygens (including phenoxy) is 1. The Morgan fingerprint density at radius 2 is 1.74 bits per heavy atom. The maximum atomic E-state index is 13.1. The van der Waals surface area contributed by atoms with Crippen LogP contribution in [0.25, 0.3) is 0 Å². The van der Waals surface area contributed by atoms with E-state index in [2.05, 4.69) is 31.4 Å². The average molecular weight is 479 g/mol. The van der Waals surface area contributed by atoms with Gasteiger partial charge in [-0.15, -0.1) is 0 Å². The second-order valence-electron chi connectivity index (χ2n) is 7.06. The molecule has 2 aromatic carbocycles. The first-order valence-corrected chi connectivity index (χ1v) is 10.6. The number of methoxy groups -OCH3 is 1. The number of hydrogen-bond acceptors (Lipinski definition) is 7. The number of aromatic nitrogens is 1. The quantitative estimate of drug-likeness (QED) is 0.330. The van der Waals surface area contributed by atoms with Crippen molar-refractivity contribution in [3.8, 4) is 5.75 Å². The summed E-state index contributed by atoms with van der Waals surface area (Å²) in [6.45, 7) is 3.41. The molecule has 3 N–H and O–H groups in total. The number of carbonyl (C=O) groups excluding carboxylic acids is 2. The van der Waals surface area contributed by atoms with Crippen molar-refractivity contribution in [2.45, 2.75) is 13.8 Å². The first-order chi connectivity index (χ1) is 16.4. The van der Waals surface area contributed by atoms with Gasteiger partial charge in [-0.3, -0.25) is 20.0 Å². The summed E-state index contributed by atoms with van der Waals surface area (Å²) in [6, 6.07) is 15.3. The van der Waals surface area contributed by atoms with E-state index >= 15 is 0 Å². The summed E-state index contributed by atoms with van der Waals surface area (Å²) in [5.74, 6) is -0.520. The Labute approximate surface area is 201 Å². The highest BCUT2D eigenvalue weighted by molar-refractivity contribution is 6.68. The van der Waals surface area contributed by atoms with Crippen LogP contribution < -0.4 is 20.9 Å². The minimum atomic E-state index is -0.553. The normalized spacial score (nSPS) is 11.5. The van der Waals surface area contributed by atoms with Gasteiger partial charge in [0, 0.05) is 23.0 Å². The monoisotopic (exact) mass is 478 g/mol. The summed E-state index contributed by atoms with van der Waals surface area (Å²) >= 11 is 6.02. The van der Waals surface area contributed by atoms with Gasteiger partial charge >= 0.3 is 0 Å². The lowest BCUT2D eigenvalue weighted by Gasteiger charge is -2.12. The molecular formula is C24H23ClN6O3. The lowest BCUT2D eigenvalue weighted by molar-refractivity contribution is -0.110. The number of carbonyl (C=O) groups is 2. The molecule has 1 heterocycles. The molecule has 3 aromatic rings. The van der Waals surface area contributed by atoms with Gasteiger partial charge in [0.05, 0.1) is 24.2 Å². The number of hydrogen-bond donors (Lipinski definition) is 3. The summed E-state index contributed by atoms with van der Waals surface area (Å²) < 4.78 is 5.30. The predicted octanol–water partition coefficient (Wildman–Crippen LogP) is 4.26. The van der Waals surface area contributed by atoms with E-state index in [4.69, 9.17) is 16.3 Å². The molecule has 0 atom stereocenters. The maximum absolute atomic E-state index is 13.1. The average Bonchev–Trinajstić information content (AvgIpc) is 2.84. The Balaban J connectivity index is 1.88. The van der Waals surface area contributed by atoms with Gasteiger partial charge in [-0.25, -0.2) is 5.43 Å². The SMILES string of the molecule is COc1ccccc1NC(=O)C(=NNc1ccc(Cl)cc1C)C(C)=NNC(=O)c1ccncc1. The molecule has 34 heavy (non-hydrogen) atoms. The number of benzene rings is 2. The van der Waals surface area contributed by atoms with Crippen molar-refractivity contribution in [1.82, 2.24) is 10.4 Å². The fraction of sp³-hybridized carbons (Fsp3) is 0.125. The zero-order valence-corrected chi connectivity index (χ0v) is 19.6. The summed E-state index contributed by atoms with van der Waals surface area (Å²) in [5.41, 5.74) is 7.75. The van der Waals surface area contributed by atoms with Crippen molar-refractivity contribution in [1.29, 1.82) is 0 Å². The topological polar surface area (TPSA) is 117 Å². The summed E-state index contributed by atoms with van der Waals surface area (Å²) in [5, 5.41) is 11.7. The van der Waals surface area contributed by atoms with Crippen LogP contribution in [-0.2, 0) is 4.79 Å². The van der Waals surface area contributed by atoms with Gasteiger partial charge in [-0.05, 0) is 61.9 Å². The number of hydrazone groups is 2. The number of aryl methyl sites for hydroxylation is 1. The van der Waals surface area contributed by atoms with E-state index in [-0.39, 0.29) is 11.4 Å². The fourth-order valence-electron chi connectivity index (χ4n) is 2.85. The zero-order valence-electron chi connectivity index (χ0n) is 18.8. The van der Waals surface area contributed by atoms with Crippen molar-refractivity contribution in [3.05, 3.63) is 83.1 Å². The standard InChI is InChI=1S/C24H23ClN6O3/c1-15-14-18(25)8-9-19(15)29-30-22(24(33)27-20-6-4-5-7-21(20)34-3)16(2)28-31-23(32)17-10-12-26-13-11-17/h4-14,29H,1-3H3,(H,27,33)(H,31,32). The van der Waals surface area contributed by atoms with Crippen molar-refractivity contribution >= 4 is 46.2 Å². The Bertz CT molecular complexity index is 1240. The fourth-order valence-corrected chi connectivity index (χ4v) is 3.08. The molecule has 10 heteroatoms. The molecule has 0 fully saturated rings. The van der Waals surface area contributed by atoms with E-state index in [1.807, 2.05) is 6.92 Å². The Morgan fingerprint density at radius 1 is 1.00 bits per heavy atom. The second kappa shape index (κ2) is 11.6. The van der Waals surface area contributed by atoms with Gasteiger partial charge in [0.1, 0.15) is 5.75 Å². The Morgan fingerprint density at radius 3 is 2.44 bits per heavy atom. The van der Waals surface area contributed by atoms with E-state index < -0.39 is 11.8 Å². The molecule has 0 radical (unpaired) electrons. The lowest BCUT2D eigenvalue weighted by atomic mass is 10.2. The van der Waals surface area contributed by atoms with E-state index in [0.717, 1.165) is 5.56 Å². The van der Waals surface area contributed by atoms with Crippen molar-refractivity contribution in [3.63, 3.8) is 0 Å². The number of halogens is 1. The second-order valence-corrected chi connectivity index (χ2v) is 7.50. The number of rotatable bonds is 8. The molecule has 0 bridgehead atoms. The van der Waals surface area contributed by atoms with Gasteiger partial charge in [0.2, 0.25) is 0 Å². The third kappa shape index (κ3) is 6.39. The van der Waals surface area contributed by atoms with E-state index in [9.17, 15) is 9.59 Å². The lowest BCUT2D eigenvalue weighted by Crippen LogP contribution is -2.32. The molecular weight excluding hydrogens is 456 g/mol. The highest BCUT2D eigenvalue weighted by atomic mass is 35.5. The number of para-hydroxylation sites is 2. The predicted molar refractivity (Wildman–Crippen MR) is 134 cm³/mol. The Hall–Kier alpha value is -4.24. The summed E-state index contributed by atoms with van der Waals surface area (Å²) in [7, 11) is 1.51. The van der Waals surface area contributed by atoms with Crippen LogP contribution in [0.5, 0.6) is 5.75 Å². The highest BCUT2D eigenvalue weighted by Gasteiger charge is 2.18. The molecule has 174 valence electrons. The molecule has 3 rings (SSSR count). The third-order valence-corrected chi connectivity index (χ3v) is 4.89. The molecule has 0 saturated heterocycles. The van der Waals surface area contributed by atoms with Gasteiger partial charge in [0.15, 0.2) is 5.71 Å². The number of nitrogens with one attached hydrogen (secondary N) is 3. The van der Waals surface area contributed by atoms with Gasteiger partial charge < -0.3 is 10.1 Å². The van der Waals surface area contributed by atoms with E-state index in [1.165, 1.54) is 19.5 Å². The largest absolute Gasteiger partial charge is 0.495 e. The molecule has 0 aliphatic carbocycles. The zero-order chi connectivity index (χ0) is 24.5. The number of pyridine rings is 1. The first kappa shape index (κ1) is 24.4. The number of anilines is 2. The number of nitrogens with zero attached hydrogens (tertiary/aromatic N) is 3.